The van der Waals surface area contributed by atoms with Crippen molar-refractivity contribution >= 4 is 11.0 Å². The molecule has 0 aliphatic carbocycles. The second-order valence-electron chi connectivity index (χ2n) is 8.99. The van der Waals surface area contributed by atoms with Crippen molar-refractivity contribution in [2.24, 2.45) is 0 Å². The van der Waals surface area contributed by atoms with E-state index in [2.05, 4.69) is 32.5 Å². The molecule has 0 spiro atoms. The number of fused-ring (bicyclic) bond motifs is 1. The molecule has 10 nitrogen and oxygen atoms in total. The summed E-state index contributed by atoms with van der Waals surface area (Å²) in [5, 5.41) is 27.3. The number of imidazole rings is 1. The molecule has 0 radical (unpaired) electrons. The molecule has 1 saturated heterocycles. The molecule has 1 aliphatic rings. The van der Waals surface area contributed by atoms with Crippen LogP contribution in [0.3, 0.4) is 0 Å². The maximum atomic E-state index is 9.15. The number of pyridine rings is 1. The van der Waals surface area contributed by atoms with E-state index in [0.29, 0.717) is 18.7 Å². The minimum absolute atomic E-state index is 0.213. The highest BCUT2D eigenvalue weighted by atomic mass is 16.5. The van der Waals surface area contributed by atoms with Gasteiger partial charge in [-0.1, -0.05) is 11.3 Å². The Kier molecular flexibility index (Phi) is 6.50. The van der Waals surface area contributed by atoms with Gasteiger partial charge in [0, 0.05) is 31.4 Å². The summed E-state index contributed by atoms with van der Waals surface area (Å²) in [5.74, 6) is 0.660. The fraction of sp³-hybridized carbons (Fsp3) is 0.385. The van der Waals surface area contributed by atoms with Crippen LogP contribution in [0.25, 0.3) is 22.3 Å². The van der Waals surface area contributed by atoms with Crippen LogP contribution in [-0.2, 0) is 6.54 Å². The number of aryl methyl sites for hydroxylation is 1. The lowest BCUT2D eigenvalue weighted by molar-refractivity contribution is 0.224. The van der Waals surface area contributed by atoms with Crippen LogP contribution >= 0.6 is 0 Å². The van der Waals surface area contributed by atoms with Crippen molar-refractivity contribution in [3.63, 3.8) is 0 Å². The number of hydrogen-bond acceptors (Lipinski definition) is 8. The topological polar surface area (TPSA) is 121 Å². The standard InChI is InChI=1S/C26H27N9O/c1-18-25(31-32-35(18)21-7-12-33(16-28)13-8-21)20-14-23-26(34(17-30-23)11-5-9-27)24(15-20)36-19(2)22-6-3-4-10-29-22/h3-4,6,10,14-15,17,19,21H,5,7-8,11-13H2,1-2H3/t19-/m1/s1. The van der Waals surface area contributed by atoms with Crippen LogP contribution in [0.1, 0.15) is 49.7 Å². The SMILES string of the molecule is Cc1c(-c2cc(O[C@H](C)c3ccccn3)c3c(c2)ncn3CCC#N)nnn1C1CCN(C#N)CC1. The number of rotatable bonds is 7. The third kappa shape index (κ3) is 4.46. The van der Waals surface area contributed by atoms with Crippen molar-refractivity contribution in [1.82, 2.24) is 34.4 Å². The molecule has 1 atom stereocenters. The van der Waals surface area contributed by atoms with Crippen molar-refractivity contribution in [1.29, 1.82) is 10.5 Å². The largest absolute Gasteiger partial charge is 0.482 e. The molecule has 182 valence electrons. The lowest BCUT2D eigenvalue weighted by Gasteiger charge is -2.28. The van der Waals surface area contributed by atoms with Gasteiger partial charge in [0.1, 0.15) is 23.1 Å². The summed E-state index contributed by atoms with van der Waals surface area (Å²) in [6, 6.07) is 12.1. The summed E-state index contributed by atoms with van der Waals surface area (Å²) in [7, 11) is 0. The van der Waals surface area contributed by atoms with E-state index in [0.717, 1.165) is 59.6 Å². The van der Waals surface area contributed by atoms with Crippen LogP contribution in [0.15, 0.2) is 42.9 Å². The molecule has 4 aromatic rings. The Morgan fingerprint density at radius 3 is 2.72 bits per heavy atom. The second kappa shape index (κ2) is 10.0. The Hall–Kier alpha value is -4.44. The summed E-state index contributed by atoms with van der Waals surface area (Å²) in [4.78, 5) is 10.8. The zero-order valence-electron chi connectivity index (χ0n) is 20.4. The third-order valence-corrected chi connectivity index (χ3v) is 6.70. The monoisotopic (exact) mass is 481 g/mol. The molecule has 36 heavy (non-hydrogen) atoms. The van der Waals surface area contributed by atoms with Crippen LogP contribution in [0.4, 0.5) is 0 Å². The Morgan fingerprint density at radius 1 is 1.17 bits per heavy atom. The lowest BCUT2D eigenvalue weighted by Crippen LogP contribution is -2.31. The Balaban J connectivity index is 1.52. The molecular formula is C26H27N9O. The fourth-order valence-electron chi connectivity index (χ4n) is 4.77. The molecule has 0 saturated carbocycles. The van der Waals surface area contributed by atoms with E-state index in [1.54, 1.807) is 17.4 Å². The number of hydrogen-bond donors (Lipinski definition) is 0. The highest BCUT2D eigenvalue weighted by Crippen LogP contribution is 2.36. The van der Waals surface area contributed by atoms with Gasteiger partial charge >= 0.3 is 0 Å². The number of nitrogens with zero attached hydrogens (tertiary/aromatic N) is 9. The van der Waals surface area contributed by atoms with E-state index in [9.17, 15) is 0 Å². The van der Waals surface area contributed by atoms with Crippen molar-refractivity contribution < 1.29 is 4.74 Å². The Bertz CT molecular complexity index is 1440. The van der Waals surface area contributed by atoms with Gasteiger partial charge in [-0.05, 0) is 51.0 Å². The summed E-state index contributed by atoms with van der Waals surface area (Å²) < 4.78 is 10.4. The molecule has 10 heteroatoms. The molecule has 4 heterocycles. The average Bonchev–Trinajstić information content (AvgIpc) is 3.51. The molecule has 1 fully saturated rings. The Morgan fingerprint density at radius 2 is 2.00 bits per heavy atom. The minimum Gasteiger partial charge on any atom is -0.482 e. The van der Waals surface area contributed by atoms with Gasteiger partial charge in [0.2, 0.25) is 0 Å². The fourth-order valence-corrected chi connectivity index (χ4v) is 4.77. The zero-order valence-corrected chi connectivity index (χ0v) is 20.4. The minimum atomic E-state index is -0.286. The van der Waals surface area contributed by atoms with E-state index in [1.165, 1.54) is 0 Å². The Labute approximate surface area is 209 Å². The third-order valence-electron chi connectivity index (χ3n) is 6.70. The van der Waals surface area contributed by atoms with E-state index in [4.69, 9.17) is 15.3 Å². The van der Waals surface area contributed by atoms with E-state index < -0.39 is 0 Å². The van der Waals surface area contributed by atoms with Crippen LogP contribution < -0.4 is 4.74 Å². The number of nitriles is 2. The summed E-state index contributed by atoms with van der Waals surface area (Å²) in [6.07, 6.45) is 7.53. The predicted molar refractivity (Wildman–Crippen MR) is 132 cm³/mol. The first kappa shape index (κ1) is 23.3. The van der Waals surface area contributed by atoms with E-state index >= 15 is 0 Å². The molecule has 3 aromatic heterocycles. The smallest absolute Gasteiger partial charge is 0.179 e. The van der Waals surface area contributed by atoms with Gasteiger partial charge in [-0.25, -0.2) is 9.67 Å². The van der Waals surface area contributed by atoms with Crippen LogP contribution in [0, 0.1) is 29.7 Å². The average molecular weight is 482 g/mol. The van der Waals surface area contributed by atoms with Gasteiger partial charge in [-0.2, -0.15) is 10.5 Å². The van der Waals surface area contributed by atoms with Gasteiger partial charge < -0.3 is 14.2 Å². The summed E-state index contributed by atoms with van der Waals surface area (Å²) in [5.41, 5.74) is 5.05. The highest BCUT2D eigenvalue weighted by molar-refractivity contribution is 5.87. The van der Waals surface area contributed by atoms with E-state index in [1.807, 2.05) is 53.4 Å². The molecular weight excluding hydrogens is 454 g/mol. The summed E-state index contributed by atoms with van der Waals surface area (Å²) in [6.45, 7) is 5.97. The lowest BCUT2D eigenvalue weighted by atomic mass is 10.0. The van der Waals surface area contributed by atoms with Crippen molar-refractivity contribution in [3.05, 3.63) is 54.2 Å². The quantitative estimate of drug-likeness (QED) is 0.361. The molecule has 0 N–H and O–H groups in total. The van der Waals surface area contributed by atoms with Crippen LogP contribution in [0.2, 0.25) is 0 Å². The molecule has 5 rings (SSSR count). The second-order valence-corrected chi connectivity index (χ2v) is 8.99. The molecule has 0 amide bonds. The van der Waals surface area contributed by atoms with Gasteiger partial charge in [0.25, 0.3) is 0 Å². The highest BCUT2D eigenvalue weighted by Gasteiger charge is 2.25. The number of likely N-dealkylation sites (tertiary alicyclic amines) is 1. The molecule has 0 bridgehead atoms. The number of ether oxygens (including phenoxy) is 1. The van der Waals surface area contributed by atoms with Gasteiger partial charge in [-0.3, -0.25) is 4.98 Å². The van der Waals surface area contributed by atoms with Crippen LogP contribution in [-0.4, -0.2) is 47.5 Å². The van der Waals surface area contributed by atoms with Crippen LogP contribution in [0.5, 0.6) is 5.75 Å². The maximum absolute atomic E-state index is 9.15. The first-order chi connectivity index (χ1) is 17.6. The first-order valence-electron chi connectivity index (χ1n) is 12.1. The first-order valence-corrected chi connectivity index (χ1v) is 12.1. The van der Waals surface area contributed by atoms with Gasteiger partial charge in [0.15, 0.2) is 6.19 Å². The number of piperidine rings is 1. The zero-order chi connectivity index (χ0) is 25.1. The van der Waals surface area contributed by atoms with Crippen molar-refractivity contribution in [2.45, 2.75) is 51.8 Å². The molecule has 1 aromatic carbocycles. The molecule has 1 aliphatic heterocycles. The van der Waals surface area contributed by atoms with Crippen molar-refractivity contribution in [3.8, 4) is 29.3 Å². The maximum Gasteiger partial charge on any atom is 0.179 e. The van der Waals surface area contributed by atoms with E-state index in [-0.39, 0.29) is 12.1 Å². The van der Waals surface area contributed by atoms with Gasteiger partial charge in [-0.15, -0.1) is 5.10 Å². The van der Waals surface area contributed by atoms with Gasteiger partial charge in [0.05, 0.1) is 41.8 Å². The number of aromatic nitrogens is 6. The normalized spacial score (nSPS) is 14.9. The van der Waals surface area contributed by atoms with Crippen molar-refractivity contribution in [2.75, 3.05) is 13.1 Å². The predicted octanol–water partition coefficient (Wildman–Crippen LogP) is 4.17. The number of benzene rings is 1. The summed E-state index contributed by atoms with van der Waals surface area (Å²) >= 11 is 0. The molecule has 0 unspecified atom stereocenters.